The molecule has 0 N–H and O–H groups in total. The highest BCUT2D eigenvalue weighted by atomic mass is 35.5. The summed E-state index contributed by atoms with van der Waals surface area (Å²) in [6, 6.07) is 11.7. The first-order chi connectivity index (χ1) is 15.4. The van der Waals surface area contributed by atoms with E-state index < -0.39 is 12.2 Å². The molecule has 8 heteroatoms. The number of rotatable bonds is 7. The molecule has 2 heterocycles. The van der Waals surface area contributed by atoms with Crippen LogP contribution in [0.5, 0.6) is 11.5 Å². The molecule has 1 aromatic heterocycles. The molecule has 0 aliphatic carbocycles. The average molecular weight is 490 g/mol. The van der Waals surface area contributed by atoms with E-state index in [-0.39, 0.29) is 18.3 Å². The Balaban J connectivity index is 0.00000306. The Labute approximate surface area is 205 Å². The smallest absolute Gasteiger partial charge is 0.273 e. The van der Waals surface area contributed by atoms with Crippen LogP contribution in [-0.2, 0) is 4.79 Å². The highest BCUT2D eigenvalue weighted by Crippen LogP contribution is 2.36. The van der Waals surface area contributed by atoms with Gasteiger partial charge in [-0.3, -0.25) is 9.69 Å². The number of carbonyl (C=O) groups excluding carboxylic acids is 1. The van der Waals surface area contributed by atoms with Gasteiger partial charge in [0.05, 0.1) is 10.2 Å². The van der Waals surface area contributed by atoms with Crippen LogP contribution < -0.4 is 14.4 Å². The van der Waals surface area contributed by atoms with Crippen LogP contribution >= 0.6 is 23.7 Å². The summed E-state index contributed by atoms with van der Waals surface area (Å²) in [5.74, 6) is 1.15. The Morgan fingerprint density at radius 1 is 1.06 bits per heavy atom. The molecule has 2 atom stereocenters. The standard InChI is InChI=1S/C25H31N3O3S.ClH/c1-6-27(7-2)12-13-28(25-26-19-15-16(3)14-17(4)23(19)32-25)24(29)22-18(5)30-20-10-8-9-11-21(20)31-22;/h8-11,14-15,18,22H,6-7,12-13H2,1-5H3;1H. The molecular formula is C25H32ClN3O3S. The summed E-state index contributed by atoms with van der Waals surface area (Å²) in [4.78, 5) is 22.8. The summed E-state index contributed by atoms with van der Waals surface area (Å²) < 4.78 is 13.3. The Kier molecular flexibility index (Phi) is 8.21. The van der Waals surface area contributed by atoms with E-state index in [9.17, 15) is 4.79 Å². The molecule has 3 aromatic rings. The van der Waals surface area contributed by atoms with Crippen molar-refractivity contribution in [1.82, 2.24) is 9.88 Å². The Morgan fingerprint density at radius 2 is 1.73 bits per heavy atom. The number of thiazole rings is 1. The van der Waals surface area contributed by atoms with Crippen LogP contribution in [0.2, 0.25) is 0 Å². The maximum atomic E-state index is 13.8. The molecule has 0 bridgehead atoms. The maximum Gasteiger partial charge on any atom is 0.273 e. The second-order valence-electron chi connectivity index (χ2n) is 8.25. The molecule has 2 aromatic carbocycles. The zero-order valence-electron chi connectivity index (χ0n) is 19.8. The molecule has 0 spiro atoms. The van der Waals surface area contributed by atoms with Gasteiger partial charge in [0.25, 0.3) is 5.91 Å². The van der Waals surface area contributed by atoms with Crippen molar-refractivity contribution in [3.8, 4) is 11.5 Å². The molecule has 2 unspecified atom stereocenters. The van der Waals surface area contributed by atoms with Crippen molar-refractivity contribution in [1.29, 1.82) is 0 Å². The summed E-state index contributed by atoms with van der Waals surface area (Å²) in [5.41, 5.74) is 3.28. The van der Waals surface area contributed by atoms with E-state index in [1.807, 2.05) is 31.2 Å². The van der Waals surface area contributed by atoms with Gasteiger partial charge in [-0.15, -0.1) is 12.4 Å². The number of amides is 1. The van der Waals surface area contributed by atoms with Crippen LogP contribution in [0.25, 0.3) is 10.2 Å². The highest BCUT2D eigenvalue weighted by Gasteiger charge is 2.38. The quantitative estimate of drug-likeness (QED) is 0.454. The third-order valence-corrected chi connectivity index (χ3v) is 7.16. The predicted octanol–water partition coefficient (Wildman–Crippen LogP) is 5.24. The molecule has 1 aliphatic rings. The predicted molar refractivity (Wildman–Crippen MR) is 137 cm³/mol. The number of hydrogen-bond donors (Lipinski definition) is 0. The van der Waals surface area contributed by atoms with Crippen LogP contribution in [-0.4, -0.2) is 54.2 Å². The minimum Gasteiger partial charge on any atom is -0.482 e. The molecule has 1 aliphatic heterocycles. The van der Waals surface area contributed by atoms with Gasteiger partial charge in [0.15, 0.2) is 16.6 Å². The first-order valence-corrected chi connectivity index (χ1v) is 12.1. The molecule has 0 fully saturated rings. The lowest BCUT2D eigenvalue weighted by atomic mass is 10.1. The lowest BCUT2D eigenvalue weighted by molar-refractivity contribution is -0.130. The second-order valence-corrected chi connectivity index (χ2v) is 9.23. The summed E-state index contributed by atoms with van der Waals surface area (Å²) >= 11 is 1.57. The topological polar surface area (TPSA) is 54.9 Å². The number of anilines is 1. The number of halogens is 1. The van der Waals surface area contributed by atoms with Gasteiger partial charge in [-0.25, -0.2) is 4.98 Å². The van der Waals surface area contributed by atoms with Crippen molar-refractivity contribution in [2.75, 3.05) is 31.1 Å². The van der Waals surface area contributed by atoms with E-state index in [1.165, 1.54) is 11.1 Å². The number of nitrogens with zero attached hydrogens (tertiary/aromatic N) is 3. The second kappa shape index (κ2) is 10.7. The molecule has 4 rings (SSSR count). The van der Waals surface area contributed by atoms with Gasteiger partial charge in [-0.05, 0) is 63.2 Å². The molecule has 0 radical (unpaired) electrons. The fraction of sp³-hybridized carbons (Fsp3) is 0.440. The zero-order valence-corrected chi connectivity index (χ0v) is 21.5. The van der Waals surface area contributed by atoms with Crippen LogP contribution in [0, 0.1) is 13.8 Å². The monoisotopic (exact) mass is 489 g/mol. The Hall–Kier alpha value is -2.35. The van der Waals surface area contributed by atoms with E-state index >= 15 is 0 Å². The van der Waals surface area contributed by atoms with Gasteiger partial charge in [0, 0.05) is 13.1 Å². The molecule has 1 amide bonds. The van der Waals surface area contributed by atoms with Gasteiger partial charge >= 0.3 is 0 Å². The summed E-state index contributed by atoms with van der Waals surface area (Å²) in [6.45, 7) is 13.5. The van der Waals surface area contributed by atoms with Gasteiger partial charge in [-0.1, -0.05) is 43.4 Å². The number of para-hydroxylation sites is 2. The van der Waals surface area contributed by atoms with E-state index in [1.54, 1.807) is 16.2 Å². The molecule has 0 saturated heterocycles. The van der Waals surface area contributed by atoms with E-state index in [0.717, 1.165) is 29.9 Å². The SMILES string of the molecule is CCN(CC)CCN(C(=O)C1Oc2ccccc2OC1C)c1nc2cc(C)cc(C)c2s1.Cl. The third kappa shape index (κ3) is 5.26. The van der Waals surface area contributed by atoms with Crippen LogP contribution in [0.4, 0.5) is 5.13 Å². The molecule has 178 valence electrons. The van der Waals surface area contributed by atoms with Crippen molar-refractivity contribution < 1.29 is 14.3 Å². The Bertz CT molecular complexity index is 1120. The van der Waals surface area contributed by atoms with E-state index in [0.29, 0.717) is 23.2 Å². The highest BCUT2D eigenvalue weighted by molar-refractivity contribution is 7.22. The minimum atomic E-state index is -0.726. The number of benzene rings is 2. The van der Waals surface area contributed by atoms with E-state index in [2.05, 4.69) is 44.7 Å². The first kappa shape index (κ1) is 25.3. The van der Waals surface area contributed by atoms with Crippen molar-refractivity contribution in [3.63, 3.8) is 0 Å². The normalized spacial score (nSPS) is 17.2. The van der Waals surface area contributed by atoms with Crippen LogP contribution in [0.3, 0.4) is 0 Å². The fourth-order valence-electron chi connectivity index (χ4n) is 4.11. The molecule has 6 nitrogen and oxygen atoms in total. The number of fused-ring (bicyclic) bond motifs is 2. The maximum absolute atomic E-state index is 13.8. The van der Waals surface area contributed by atoms with Crippen LogP contribution in [0.1, 0.15) is 31.9 Å². The van der Waals surface area contributed by atoms with Crippen molar-refractivity contribution in [2.45, 2.75) is 46.8 Å². The molecule has 33 heavy (non-hydrogen) atoms. The van der Waals surface area contributed by atoms with Crippen molar-refractivity contribution >= 4 is 45.0 Å². The number of ether oxygens (including phenoxy) is 2. The van der Waals surface area contributed by atoms with Crippen molar-refractivity contribution in [2.24, 2.45) is 0 Å². The largest absolute Gasteiger partial charge is 0.482 e. The van der Waals surface area contributed by atoms with Crippen LogP contribution in [0.15, 0.2) is 36.4 Å². The number of hydrogen-bond acceptors (Lipinski definition) is 6. The molecular weight excluding hydrogens is 458 g/mol. The lowest BCUT2D eigenvalue weighted by Gasteiger charge is -2.34. The number of aryl methyl sites for hydroxylation is 2. The summed E-state index contributed by atoms with van der Waals surface area (Å²) in [7, 11) is 0. The van der Waals surface area contributed by atoms with Crippen molar-refractivity contribution in [3.05, 3.63) is 47.5 Å². The van der Waals surface area contributed by atoms with E-state index in [4.69, 9.17) is 14.5 Å². The third-order valence-electron chi connectivity index (χ3n) is 5.93. The van der Waals surface area contributed by atoms with Gasteiger partial charge in [0.1, 0.15) is 6.10 Å². The average Bonchev–Trinajstić information content (AvgIpc) is 3.20. The number of likely N-dealkylation sites (N-methyl/N-ethyl adjacent to an activating group) is 1. The Morgan fingerprint density at radius 3 is 2.39 bits per heavy atom. The molecule has 0 saturated carbocycles. The minimum absolute atomic E-state index is 0. The van der Waals surface area contributed by atoms with Gasteiger partial charge in [-0.2, -0.15) is 0 Å². The fourth-order valence-corrected chi connectivity index (χ4v) is 5.15. The summed E-state index contributed by atoms with van der Waals surface area (Å²) in [5, 5.41) is 0.709. The summed E-state index contributed by atoms with van der Waals surface area (Å²) in [6.07, 6.45) is -1.12. The van der Waals surface area contributed by atoms with Gasteiger partial charge < -0.3 is 14.4 Å². The van der Waals surface area contributed by atoms with Gasteiger partial charge in [0.2, 0.25) is 6.10 Å². The number of aromatic nitrogens is 1. The lowest BCUT2D eigenvalue weighted by Crippen LogP contribution is -2.52. The first-order valence-electron chi connectivity index (χ1n) is 11.2. The zero-order chi connectivity index (χ0) is 22.8. The number of carbonyl (C=O) groups is 1.